The molecule has 3 aliphatic rings. The number of fused-ring (bicyclic) bond motifs is 3. The highest BCUT2D eigenvalue weighted by Gasteiger charge is 2.73. The summed E-state index contributed by atoms with van der Waals surface area (Å²) in [6, 6.07) is 37.3. The Morgan fingerprint density at radius 2 is 1.52 bits per heavy atom. The van der Waals surface area contributed by atoms with Gasteiger partial charge in [0.15, 0.2) is 0 Å². The zero-order valence-corrected chi connectivity index (χ0v) is 28.3. The fourth-order valence-corrected chi connectivity index (χ4v) is 8.43. The van der Waals surface area contributed by atoms with Crippen molar-refractivity contribution in [1.29, 1.82) is 0 Å². The molecule has 1 aromatic heterocycles. The molecular weight excluding hydrogens is 656 g/mol. The number of hydrogen-bond acceptors (Lipinski definition) is 8. The first-order valence-electron chi connectivity index (χ1n) is 17.5. The number of aliphatic hydroxyl groups excluding tert-OH is 1. The summed E-state index contributed by atoms with van der Waals surface area (Å²) in [4.78, 5) is 51.1. The fraction of sp³-hybridized carbons (Fsp3) is 0.238. The van der Waals surface area contributed by atoms with Crippen LogP contribution in [-0.4, -0.2) is 58.6 Å². The van der Waals surface area contributed by atoms with Gasteiger partial charge in [0.25, 0.3) is 0 Å². The number of benzene rings is 4. The van der Waals surface area contributed by atoms with E-state index in [1.807, 2.05) is 115 Å². The van der Waals surface area contributed by atoms with Crippen molar-refractivity contribution in [3.05, 3.63) is 162 Å². The standard InChI is InChI=1S/C42H38N4O6/c47-25-26-51-31-20-18-29(19-21-31)38-42(32-16-7-8-17-33(32)45-41(42)50)34(39(48)44-24-22-30-15-9-10-23-43-30)36-40(49)52-37(28-13-5-2-6-14-28)35(46(36)38)27-11-3-1-4-12-27/h1-21,23,34-38,47H,22,24-26H2,(H,44,48)(H,45,50)/t34-,35-,36-,37+,38+,42-/m0/s1. The molecule has 10 heteroatoms. The van der Waals surface area contributed by atoms with E-state index < -0.39 is 47.4 Å². The number of ether oxygens (including phenoxy) is 2. The maximum Gasteiger partial charge on any atom is 0.324 e. The number of aliphatic hydroxyl groups is 1. The van der Waals surface area contributed by atoms with Gasteiger partial charge in [-0.05, 0) is 52.6 Å². The first kappa shape index (κ1) is 33.3. The Balaban J connectivity index is 1.34. The summed E-state index contributed by atoms with van der Waals surface area (Å²) in [5, 5.41) is 15.6. The Hall–Kier alpha value is -5.84. The maximum atomic E-state index is 15.0. The van der Waals surface area contributed by atoms with E-state index in [4.69, 9.17) is 9.47 Å². The van der Waals surface area contributed by atoms with Crippen LogP contribution in [0.3, 0.4) is 0 Å². The zero-order valence-electron chi connectivity index (χ0n) is 28.3. The van der Waals surface area contributed by atoms with Crippen LogP contribution in [0.15, 0.2) is 134 Å². The summed E-state index contributed by atoms with van der Waals surface area (Å²) in [5.74, 6) is -2.00. The van der Waals surface area contributed by atoms with Crippen LogP contribution in [0.4, 0.5) is 5.69 Å². The largest absolute Gasteiger partial charge is 0.491 e. The SMILES string of the molecule is O=C1O[C@H](c2ccccc2)[C@H](c2ccccc2)N2[C@H]1[C@@H](C(=O)NCCc1ccccn1)[C@]1(C(=O)Nc3ccccc31)[C@H]2c1ccc(OCCO)cc1. The molecule has 2 amide bonds. The molecule has 8 rings (SSSR count). The van der Waals surface area contributed by atoms with Crippen molar-refractivity contribution in [3.8, 4) is 5.75 Å². The van der Waals surface area contributed by atoms with Crippen molar-refractivity contribution in [2.45, 2.75) is 36.1 Å². The first-order chi connectivity index (χ1) is 25.5. The Labute approximate surface area is 301 Å². The predicted octanol–water partition coefficient (Wildman–Crippen LogP) is 5.08. The monoisotopic (exact) mass is 694 g/mol. The molecule has 4 aromatic carbocycles. The molecule has 2 fully saturated rings. The Morgan fingerprint density at radius 1 is 0.827 bits per heavy atom. The van der Waals surface area contributed by atoms with E-state index in [2.05, 4.69) is 20.5 Å². The van der Waals surface area contributed by atoms with Gasteiger partial charge in [0, 0.05) is 30.5 Å². The number of carbonyl (C=O) groups is 3. The summed E-state index contributed by atoms with van der Waals surface area (Å²) >= 11 is 0. The molecule has 1 spiro atoms. The van der Waals surface area contributed by atoms with Crippen molar-refractivity contribution < 1.29 is 29.0 Å². The molecule has 0 aliphatic carbocycles. The number of rotatable bonds is 10. The molecule has 0 bridgehead atoms. The predicted molar refractivity (Wildman–Crippen MR) is 193 cm³/mol. The molecule has 6 atom stereocenters. The van der Waals surface area contributed by atoms with Crippen molar-refractivity contribution in [2.75, 3.05) is 25.1 Å². The van der Waals surface area contributed by atoms with Gasteiger partial charge in [0.2, 0.25) is 11.8 Å². The molecule has 4 heterocycles. The molecule has 5 aromatic rings. The number of para-hydroxylation sites is 1. The van der Waals surface area contributed by atoms with Gasteiger partial charge in [-0.25, -0.2) is 0 Å². The molecule has 0 saturated carbocycles. The van der Waals surface area contributed by atoms with Gasteiger partial charge >= 0.3 is 5.97 Å². The number of aromatic nitrogens is 1. The lowest BCUT2D eigenvalue weighted by Gasteiger charge is -2.46. The van der Waals surface area contributed by atoms with Gasteiger partial charge in [-0.15, -0.1) is 0 Å². The lowest BCUT2D eigenvalue weighted by Crippen LogP contribution is -2.55. The van der Waals surface area contributed by atoms with Crippen molar-refractivity contribution in [2.24, 2.45) is 5.92 Å². The van der Waals surface area contributed by atoms with Crippen LogP contribution in [0.25, 0.3) is 0 Å². The Morgan fingerprint density at radius 3 is 2.23 bits per heavy atom. The van der Waals surface area contributed by atoms with Crippen molar-refractivity contribution in [1.82, 2.24) is 15.2 Å². The van der Waals surface area contributed by atoms with Gasteiger partial charge in [-0.2, -0.15) is 0 Å². The van der Waals surface area contributed by atoms with Crippen LogP contribution in [0.2, 0.25) is 0 Å². The summed E-state index contributed by atoms with van der Waals surface area (Å²) < 4.78 is 12.1. The maximum absolute atomic E-state index is 15.0. The number of pyridine rings is 1. The van der Waals surface area contributed by atoms with Crippen LogP contribution in [0, 0.1) is 5.92 Å². The fourth-order valence-electron chi connectivity index (χ4n) is 8.43. The Bertz CT molecular complexity index is 2060. The number of morpholine rings is 1. The number of nitrogens with one attached hydrogen (secondary N) is 2. The third-order valence-electron chi connectivity index (χ3n) is 10.5. The van der Waals surface area contributed by atoms with Crippen LogP contribution in [0.1, 0.15) is 46.1 Å². The van der Waals surface area contributed by atoms with Gasteiger partial charge in [0.1, 0.15) is 29.9 Å². The smallest absolute Gasteiger partial charge is 0.324 e. The van der Waals surface area contributed by atoms with Crippen LogP contribution in [0.5, 0.6) is 5.75 Å². The van der Waals surface area contributed by atoms with Crippen LogP contribution >= 0.6 is 0 Å². The summed E-state index contributed by atoms with van der Waals surface area (Å²) in [6.07, 6.45) is 1.43. The van der Waals surface area contributed by atoms with E-state index in [1.165, 1.54) is 0 Å². The first-order valence-corrected chi connectivity index (χ1v) is 17.5. The average Bonchev–Trinajstić information content (AvgIpc) is 3.67. The summed E-state index contributed by atoms with van der Waals surface area (Å²) in [5.41, 5.74) is 2.89. The van der Waals surface area contributed by atoms with Crippen LogP contribution < -0.4 is 15.4 Å². The van der Waals surface area contributed by atoms with E-state index in [1.54, 1.807) is 18.3 Å². The number of esters is 1. The van der Waals surface area contributed by atoms with Gasteiger partial charge < -0.3 is 25.2 Å². The third kappa shape index (κ3) is 5.60. The number of hydrogen-bond donors (Lipinski definition) is 3. The van der Waals surface area contributed by atoms with Gasteiger partial charge in [-0.1, -0.05) is 97.1 Å². The molecule has 10 nitrogen and oxygen atoms in total. The molecule has 0 radical (unpaired) electrons. The highest BCUT2D eigenvalue weighted by molar-refractivity contribution is 6.12. The quantitative estimate of drug-likeness (QED) is 0.173. The average molecular weight is 695 g/mol. The number of amides is 2. The number of anilines is 1. The second-order valence-electron chi connectivity index (χ2n) is 13.3. The summed E-state index contributed by atoms with van der Waals surface area (Å²) in [7, 11) is 0. The highest BCUT2D eigenvalue weighted by atomic mass is 16.6. The normalized spacial score (nSPS) is 24.8. The molecule has 3 aliphatic heterocycles. The minimum Gasteiger partial charge on any atom is -0.491 e. The topological polar surface area (TPSA) is 130 Å². The number of carbonyl (C=O) groups excluding carboxylic acids is 3. The van der Waals surface area contributed by atoms with E-state index in [0.717, 1.165) is 22.4 Å². The second-order valence-corrected chi connectivity index (χ2v) is 13.3. The minimum atomic E-state index is -1.54. The van der Waals surface area contributed by atoms with E-state index in [-0.39, 0.29) is 25.7 Å². The van der Waals surface area contributed by atoms with Gasteiger partial charge in [0.05, 0.1) is 24.6 Å². The molecule has 2 saturated heterocycles. The highest BCUT2D eigenvalue weighted by Crippen LogP contribution is 2.64. The second kappa shape index (κ2) is 14.1. The molecule has 52 heavy (non-hydrogen) atoms. The molecule has 3 N–H and O–H groups in total. The number of cyclic esters (lactones) is 1. The minimum absolute atomic E-state index is 0.123. The molecule has 0 unspecified atom stereocenters. The third-order valence-corrected chi connectivity index (χ3v) is 10.5. The number of nitrogens with zero attached hydrogens (tertiary/aromatic N) is 2. The van der Waals surface area contributed by atoms with E-state index in [9.17, 15) is 19.5 Å². The lowest BCUT2D eigenvalue weighted by atomic mass is 9.65. The van der Waals surface area contributed by atoms with Gasteiger partial charge in [-0.3, -0.25) is 24.3 Å². The lowest BCUT2D eigenvalue weighted by molar-refractivity contribution is -0.178. The van der Waals surface area contributed by atoms with E-state index in [0.29, 0.717) is 23.4 Å². The summed E-state index contributed by atoms with van der Waals surface area (Å²) in [6.45, 7) is 0.237. The molecule has 262 valence electrons. The molecular formula is C42H38N4O6. The van der Waals surface area contributed by atoms with Crippen LogP contribution in [-0.2, 0) is 31.0 Å². The Kier molecular flexibility index (Phi) is 9.00. The van der Waals surface area contributed by atoms with Crippen molar-refractivity contribution in [3.63, 3.8) is 0 Å². The van der Waals surface area contributed by atoms with Crippen molar-refractivity contribution >= 4 is 23.5 Å². The van der Waals surface area contributed by atoms with E-state index >= 15 is 0 Å². The zero-order chi connectivity index (χ0) is 35.7.